The molecule has 1 fully saturated rings. The van der Waals surface area contributed by atoms with Crippen LogP contribution in [0.15, 0.2) is 12.7 Å². The first-order valence-corrected chi connectivity index (χ1v) is 4.52. The fourth-order valence-electron chi connectivity index (χ4n) is 0.802. The Balaban J connectivity index is 0.000000364. The predicted octanol–water partition coefficient (Wildman–Crippen LogP) is -1.06. The van der Waals surface area contributed by atoms with Crippen molar-refractivity contribution in [1.29, 1.82) is 0 Å². The van der Waals surface area contributed by atoms with Crippen molar-refractivity contribution in [2.45, 2.75) is 6.17 Å². The fourth-order valence-corrected chi connectivity index (χ4v) is 0.802. The van der Waals surface area contributed by atoms with Crippen LogP contribution in [0.2, 0.25) is 0 Å². The molecule has 1 saturated heterocycles. The SMILES string of the molecule is C=CC(=O)C1NCNCN1.CN(C)C. The molecular weight excluding hydrogens is 180 g/mol. The molecule has 0 atom stereocenters. The van der Waals surface area contributed by atoms with Gasteiger partial charge in [0.25, 0.3) is 0 Å². The van der Waals surface area contributed by atoms with E-state index in [-0.39, 0.29) is 11.9 Å². The van der Waals surface area contributed by atoms with Crippen LogP contribution in [-0.4, -0.2) is 51.3 Å². The van der Waals surface area contributed by atoms with Crippen LogP contribution in [0.25, 0.3) is 0 Å². The van der Waals surface area contributed by atoms with Crippen molar-refractivity contribution in [2.24, 2.45) is 0 Å². The first kappa shape index (κ1) is 13.2. The number of ketones is 1. The molecule has 0 aliphatic carbocycles. The van der Waals surface area contributed by atoms with E-state index < -0.39 is 0 Å². The quantitative estimate of drug-likeness (QED) is 0.496. The van der Waals surface area contributed by atoms with Crippen molar-refractivity contribution in [1.82, 2.24) is 20.9 Å². The molecular formula is C9H20N4O. The van der Waals surface area contributed by atoms with Gasteiger partial charge in [0.1, 0.15) is 6.17 Å². The summed E-state index contributed by atoms with van der Waals surface area (Å²) in [5, 5.41) is 8.84. The molecule has 1 aliphatic heterocycles. The van der Waals surface area contributed by atoms with Gasteiger partial charge in [-0.2, -0.15) is 0 Å². The summed E-state index contributed by atoms with van der Waals surface area (Å²) in [5.74, 6) is -0.0125. The second-order valence-electron chi connectivity index (χ2n) is 3.39. The van der Waals surface area contributed by atoms with Crippen molar-refractivity contribution in [3.8, 4) is 0 Å². The van der Waals surface area contributed by atoms with Crippen LogP contribution in [0.4, 0.5) is 0 Å². The summed E-state index contributed by atoms with van der Waals surface area (Å²) in [4.78, 5) is 12.9. The maximum absolute atomic E-state index is 10.9. The van der Waals surface area contributed by atoms with E-state index in [9.17, 15) is 4.79 Å². The van der Waals surface area contributed by atoms with Crippen molar-refractivity contribution in [3.63, 3.8) is 0 Å². The summed E-state index contributed by atoms with van der Waals surface area (Å²) < 4.78 is 0. The lowest BCUT2D eigenvalue weighted by Gasteiger charge is -2.23. The van der Waals surface area contributed by atoms with E-state index in [0.717, 1.165) is 0 Å². The van der Waals surface area contributed by atoms with E-state index in [2.05, 4.69) is 22.5 Å². The molecule has 0 spiro atoms. The zero-order valence-corrected chi connectivity index (χ0v) is 9.13. The molecule has 3 N–H and O–H groups in total. The topological polar surface area (TPSA) is 56.4 Å². The molecule has 1 rings (SSSR count). The lowest BCUT2D eigenvalue weighted by molar-refractivity contribution is -0.117. The average molecular weight is 200 g/mol. The monoisotopic (exact) mass is 200 g/mol. The molecule has 0 bridgehead atoms. The maximum Gasteiger partial charge on any atom is 0.186 e. The highest BCUT2D eigenvalue weighted by molar-refractivity contribution is 5.93. The van der Waals surface area contributed by atoms with E-state index in [4.69, 9.17) is 0 Å². The molecule has 1 heterocycles. The Morgan fingerprint density at radius 3 is 2.14 bits per heavy atom. The fraction of sp³-hybridized carbons (Fsp3) is 0.667. The van der Waals surface area contributed by atoms with E-state index in [1.165, 1.54) is 6.08 Å². The molecule has 14 heavy (non-hydrogen) atoms. The summed E-state index contributed by atoms with van der Waals surface area (Å²) in [5.41, 5.74) is 0. The zero-order chi connectivity index (χ0) is 11.0. The maximum atomic E-state index is 10.9. The van der Waals surface area contributed by atoms with Gasteiger partial charge < -0.3 is 4.90 Å². The molecule has 82 valence electrons. The molecule has 0 amide bonds. The molecule has 0 radical (unpaired) electrons. The van der Waals surface area contributed by atoms with Crippen molar-refractivity contribution < 1.29 is 4.79 Å². The second kappa shape index (κ2) is 7.64. The van der Waals surface area contributed by atoms with Crippen LogP contribution < -0.4 is 16.0 Å². The molecule has 5 heteroatoms. The third kappa shape index (κ3) is 6.73. The van der Waals surface area contributed by atoms with Crippen LogP contribution in [-0.2, 0) is 4.79 Å². The number of nitrogens with zero attached hydrogens (tertiary/aromatic N) is 1. The molecule has 0 unspecified atom stereocenters. The minimum atomic E-state index is -0.251. The summed E-state index contributed by atoms with van der Waals surface area (Å²) in [6.45, 7) is 4.71. The van der Waals surface area contributed by atoms with E-state index in [1.54, 1.807) is 0 Å². The number of carbonyl (C=O) groups excluding carboxylic acids is 1. The number of hydrogen-bond acceptors (Lipinski definition) is 5. The number of hydrogen-bond donors (Lipinski definition) is 3. The van der Waals surface area contributed by atoms with Gasteiger partial charge in [-0.25, -0.2) is 0 Å². The van der Waals surface area contributed by atoms with Crippen molar-refractivity contribution >= 4 is 5.78 Å². The summed E-state index contributed by atoms with van der Waals surface area (Å²) in [6, 6.07) is 0. The highest BCUT2D eigenvalue weighted by Gasteiger charge is 2.15. The first-order valence-electron chi connectivity index (χ1n) is 4.52. The predicted molar refractivity (Wildman–Crippen MR) is 57.7 cm³/mol. The molecule has 0 aromatic heterocycles. The van der Waals surface area contributed by atoms with Crippen LogP contribution >= 0.6 is 0 Å². The van der Waals surface area contributed by atoms with Gasteiger partial charge in [0.05, 0.1) is 0 Å². The minimum absolute atomic E-state index is 0.0125. The van der Waals surface area contributed by atoms with Crippen LogP contribution in [0, 0.1) is 0 Å². The summed E-state index contributed by atoms with van der Waals surface area (Å²) >= 11 is 0. The number of nitrogens with one attached hydrogen (secondary N) is 3. The third-order valence-electron chi connectivity index (χ3n) is 1.35. The van der Waals surface area contributed by atoms with Gasteiger partial charge in [-0.15, -0.1) is 0 Å². The third-order valence-corrected chi connectivity index (χ3v) is 1.35. The number of carbonyl (C=O) groups is 1. The summed E-state index contributed by atoms with van der Waals surface area (Å²) in [6.07, 6.45) is 1.06. The van der Waals surface area contributed by atoms with Gasteiger partial charge in [0, 0.05) is 13.3 Å². The Hall–Kier alpha value is -0.750. The Labute approximate surface area is 85.5 Å². The molecule has 0 saturated carbocycles. The van der Waals surface area contributed by atoms with Crippen molar-refractivity contribution in [2.75, 3.05) is 34.5 Å². The molecule has 0 aromatic rings. The zero-order valence-electron chi connectivity index (χ0n) is 9.13. The van der Waals surface area contributed by atoms with Crippen LogP contribution in [0.3, 0.4) is 0 Å². The standard InChI is InChI=1S/C6H11N3O.C3H9N/c1-2-5(10)6-8-3-7-4-9-6;1-4(2)3/h2,6-9H,1,3-4H2;1-3H3. The summed E-state index contributed by atoms with van der Waals surface area (Å²) in [7, 11) is 6.00. The number of rotatable bonds is 2. The Morgan fingerprint density at radius 2 is 1.79 bits per heavy atom. The lowest BCUT2D eigenvalue weighted by Crippen LogP contribution is -2.58. The van der Waals surface area contributed by atoms with Gasteiger partial charge in [-0.3, -0.25) is 20.7 Å². The molecule has 5 nitrogen and oxygen atoms in total. The molecule has 0 aromatic carbocycles. The van der Waals surface area contributed by atoms with Gasteiger partial charge in [-0.05, 0) is 27.2 Å². The second-order valence-corrected chi connectivity index (χ2v) is 3.39. The Bertz CT molecular complexity index is 173. The highest BCUT2D eigenvalue weighted by atomic mass is 16.1. The van der Waals surface area contributed by atoms with Gasteiger partial charge in [-0.1, -0.05) is 6.58 Å². The Kier molecular flexibility index (Phi) is 7.23. The Morgan fingerprint density at radius 1 is 1.36 bits per heavy atom. The highest BCUT2D eigenvalue weighted by Crippen LogP contribution is 1.84. The first-order chi connectivity index (χ1) is 6.57. The smallest absolute Gasteiger partial charge is 0.186 e. The van der Waals surface area contributed by atoms with Gasteiger partial charge in [0.15, 0.2) is 5.78 Å². The molecule has 1 aliphatic rings. The van der Waals surface area contributed by atoms with E-state index in [0.29, 0.717) is 13.3 Å². The van der Waals surface area contributed by atoms with Crippen LogP contribution in [0.5, 0.6) is 0 Å². The van der Waals surface area contributed by atoms with Gasteiger partial charge >= 0.3 is 0 Å². The van der Waals surface area contributed by atoms with E-state index in [1.807, 2.05) is 26.0 Å². The van der Waals surface area contributed by atoms with Crippen LogP contribution in [0.1, 0.15) is 0 Å². The lowest BCUT2D eigenvalue weighted by atomic mass is 10.3. The van der Waals surface area contributed by atoms with Crippen molar-refractivity contribution in [3.05, 3.63) is 12.7 Å². The van der Waals surface area contributed by atoms with E-state index >= 15 is 0 Å². The average Bonchev–Trinajstić information content (AvgIpc) is 2.17. The largest absolute Gasteiger partial charge is 0.312 e. The minimum Gasteiger partial charge on any atom is -0.312 e. The normalized spacial score (nSPS) is 17.1. The van der Waals surface area contributed by atoms with Gasteiger partial charge in [0.2, 0.25) is 0 Å².